The van der Waals surface area contributed by atoms with Gasteiger partial charge in [-0.15, -0.1) is 11.3 Å². The van der Waals surface area contributed by atoms with Crippen LogP contribution in [0.4, 0.5) is 10.5 Å². The molecule has 2 aromatic heterocycles. The largest absolute Gasteiger partial charge is 0.322 e. The second-order valence-corrected chi connectivity index (χ2v) is 10.6. The molecule has 0 fully saturated rings. The first-order chi connectivity index (χ1) is 16.6. The quantitative estimate of drug-likeness (QED) is 0.312. The van der Waals surface area contributed by atoms with E-state index in [1.165, 1.54) is 33.8 Å². The van der Waals surface area contributed by atoms with Gasteiger partial charge in [0.2, 0.25) is 0 Å². The molecule has 0 saturated carbocycles. The standard InChI is InChI=1S/C28H26ClN3OS/c1-18-7-2-4-9-23(18)30-28(33)32-17-22-21-8-3-5-11-25(21)34-27(22)31-16-6-10-24(31)26(32)19-12-14-20(29)15-13-19/h2,4,6-7,9-10,12-16,26H,3,5,8,11,17H2,1H3,(H,30,33)/t26-/m0/s1. The summed E-state index contributed by atoms with van der Waals surface area (Å²) in [5.41, 5.74) is 6.79. The van der Waals surface area contributed by atoms with Crippen LogP contribution >= 0.6 is 22.9 Å². The van der Waals surface area contributed by atoms with Crippen LogP contribution < -0.4 is 5.32 Å². The molecule has 3 heterocycles. The molecule has 34 heavy (non-hydrogen) atoms. The van der Waals surface area contributed by atoms with E-state index in [0.29, 0.717) is 11.6 Å². The topological polar surface area (TPSA) is 37.3 Å². The number of hydrogen-bond donors (Lipinski definition) is 1. The monoisotopic (exact) mass is 487 g/mol. The highest BCUT2D eigenvalue weighted by Gasteiger charge is 2.36. The average Bonchev–Trinajstić information content (AvgIpc) is 3.43. The van der Waals surface area contributed by atoms with Gasteiger partial charge in [-0.1, -0.05) is 41.9 Å². The third-order valence-electron chi connectivity index (χ3n) is 7.01. The Kier molecular flexibility index (Phi) is 5.47. The fraction of sp³-hybridized carbons (Fsp3) is 0.250. The number of hydrogen-bond acceptors (Lipinski definition) is 2. The fourth-order valence-electron chi connectivity index (χ4n) is 5.28. The van der Waals surface area contributed by atoms with Crippen LogP contribution in [0.15, 0.2) is 66.9 Å². The van der Waals surface area contributed by atoms with E-state index in [4.69, 9.17) is 11.6 Å². The van der Waals surface area contributed by atoms with E-state index in [2.05, 4.69) is 28.2 Å². The van der Waals surface area contributed by atoms with Crippen LogP contribution in [0.1, 0.15) is 51.7 Å². The van der Waals surface area contributed by atoms with Crippen LogP contribution in [0.3, 0.4) is 0 Å². The van der Waals surface area contributed by atoms with Crippen molar-refractivity contribution in [3.8, 4) is 5.00 Å². The molecule has 0 bridgehead atoms. The van der Waals surface area contributed by atoms with E-state index in [-0.39, 0.29) is 12.1 Å². The van der Waals surface area contributed by atoms with Crippen LogP contribution in [0.5, 0.6) is 0 Å². The van der Waals surface area contributed by atoms with E-state index in [1.807, 2.05) is 71.7 Å². The van der Waals surface area contributed by atoms with E-state index < -0.39 is 0 Å². The van der Waals surface area contributed by atoms with Gasteiger partial charge in [0.05, 0.1) is 18.3 Å². The first-order valence-electron chi connectivity index (χ1n) is 11.8. The Hall–Kier alpha value is -3.02. The zero-order chi connectivity index (χ0) is 23.2. The van der Waals surface area contributed by atoms with Crippen molar-refractivity contribution in [2.45, 2.75) is 45.2 Å². The van der Waals surface area contributed by atoms with Crippen molar-refractivity contribution in [2.24, 2.45) is 0 Å². The highest BCUT2D eigenvalue weighted by molar-refractivity contribution is 7.15. The van der Waals surface area contributed by atoms with Crippen LogP contribution in [-0.4, -0.2) is 15.5 Å². The molecular formula is C28H26ClN3OS. The summed E-state index contributed by atoms with van der Waals surface area (Å²) in [6.07, 6.45) is 6.83. The Morgan fingerprint density at radius 1 is 1.00 bits per heavy atom. The van der Waals surface area contributed by atoms with Crippen molar-refractivity contribution in [3.05, 3.63) is 105 Å². The summed E-state index contributed by atoms with van der Waals surface area (Å²) in [4.78, 5) is 17.4. The Labute approximate surface area is 208 Å². The molecule has 6 rings (SSSR count). The van der Waals surface area contributed by atoms with Gasteiger partial charge in [0.1, 0.15) is 5.00 Å². The van der Waals surface area contributed by atoms with Gasteiger partial charge in [-0.2, -0.15) is 0 Å². The number of rotatable bonds is 2. The molecule has 0 spiro atoms. The van der Waals surface area contributed by atoms with Crippen LogP contribution in [0.2, 0.25) is 5.02 Å². The van der Waals surface area contributed by atoms with Crippen LogP contribution in [-0.2, 0) is 19.4 Å². The summed E-state index contributed by atoms with van der Waals surface area (Å²) in [6, 6.07) is 19.7. The van der Waals surface area contributed by atoms with E-state index >= 15 is 0 Å². The van der Waals surface area contributed by atoms with Gasteiger partial charge >= 0.3 is 6.03 Å². The lowest BCUT2D eigenvalue weighted by Gasteiger charge is -2.31. The molecule has 0 radical (unpaired) electrons. The summed E-state index contributed by atoms with van der Waals surface area (Å²) in [7, 11) is 0. The molecule has 1 aliphatic heterocycles. The minimum absolute atomic E-state index is 0.0920. The highest BCUT2D eigenvalue weighted by Crippen LogP contribution is 2.44. The summed E-state index contributed by atoms with van der Waals surface area (Å²) in [5.74, 6) is 0. The molecule has 172 valence electrons. The van der Waals surface area contributed by atoms with Gasteiger partial charge < -0.3 is 14.8 Å². The first-order valence-corrected chi connectivity index (χ1v) is 13.0. The molecule has 0 unspecified atom stereocenters. The number of carbonyl (C=O) groups is 1. The smallest absolute Gasteiger partial charge is 0.310 e. The number of benzene rings is 2. The minimum Gasteiger partial charge on any atom is -0.310 e. The number of para-hydroxylation sites is 1. The zero-order valence-electron chi connectivity index (χ0n) is 19.1. The predicted octanol–water partition coefficient (Wildman–Crippen LogP) is 7.52. The normalized spacial score (nSPS) is 16.9. The third-order valence-corrected chi connectivity index (χ3v) is 8.60. The lowest BCUT2D eigenvalue weighted by molar-refractivity contribution is 0.194. The van der Waals surface area contributed by atoms with E-state index in [1.54, 1.807) is 0 Å². The molecule has 1 atom stereocenters. The summed E-state index contributed by atoms with van der Waals surface area (Å²) >= 11 is 8.13. The van der Waals surface area contributed by atoms with Gasteiger partial charge in [-0.05, 0) is 79.6 Å². The number of thiophene rings is 1. The number of aromatic nitrogens is 1. The van der Waals surface area contributed by atoms with E-state index in [0.717, 1.165) is 35.3 Å². The maximum Gasteiger partial charge on any atom is 0.322 e. The minimum atomic E-state index is -0.227. The van der Waals surface area contributed by atoms with Crippen molar-refractivity contribution < 1.29 is 4.79 Å². The Morgan fingerprint density at radius 3 is 2.62 bits per heavy atom. The molecule has 2 aliphatic rings. The van der Waals surface area contributed by atoms with Crippen molar-refractivity contribution in [3.63, 3.8) is 0 Å². The van der Waals surface area contributed by atoms with Crippen LogP contribution in [0.25, 0.3) is 5.00 Å². The van der Waals surface area contributed by atoms with Crippen molar-refractivity contribution >= 4 is 34.7 Å². The molecule has 2 amide bonds. The number of amides is 2. The number of fused-ring (bicyclic) bond motifs is 5. The summed E-state index contributed by atoms with van der Waals surface area (Å²) in [6.45, 7) is 2.60. The Morgan fingerprint density at radius 2 is 1.79 bits per heavy atom. The average molecular weight is 488 g/mol. The number of urea groups is 1. The molecule has 0 saturated heterocycles. The van der Waals surface area contributed by atoms with Gasteiger partial charge in [0.15, 0.2) is 0 Å². The van der Waals surface area contributed by atoms with Gasteiger partial charge in [-0.3, -0.25) is 0 Å². The second kappa shape index (κ2) is 8.64. The fourth-order valence-corrected chi connectivity index (χ4v) is 6.81. The maximum absolute atomic E-state index is 13.9. The van der Waals surface area contributed by atoms with E-state index in [9.17, 15) is 4.79 Å². The van der Waals surface area contributed by atoms with Crippen molar-refractivity contribution in [2.75, 3.05) is 5.32 Å². The zero-order valence-corrected chi connectivity index (χ0v) is 20.6. The van der Waals surface area contributed by atoms with Gasteiger partial charge in [0.25, 0.3) is 0 Å². The Bertz CT molecular complexity index is 1370. The van der Waals surface area contributed by atoms with Crippen molar-refractivity contribution in [1.29, 1.82) is 0 Å². The number of halogens is 1. The molecule has 2 aromatic carbocycles. The lowest BCUT2D eigenvalue weighted by atomic mass is 9.95. The molecule has 6 heteroatoms. The van der Waals surface area contributed by atoms with Crippen LogP contribution in [0, 0.1) is 6.92 Å². The Balaban J connectivity index is 1.51. The SMILES string of the molecule is Cc1ccccc1NC(=O)N1Cc2c(sc3c2CCCC3)-n2cccc2[C@@H]1c1ccc(Cl)cc1. The lowest BCUT2D eigenvalue weighted by Crippen LogP contribution is -2.38. The summed E-state index contributed by atoms with van der Waals surface area (Å²) in [5, 5.41) is 5.15. The number of nitrogens with one attached hydrogen (secondary N) is 1. The summed E-state index contributed by atoms with van der Waals surface area (Å²) < 4.78 is 2.30. The molecular weight excluding hydrogens is 462 g/mol. The molecule has 1 N–H and O–H groups in total. The third kappa shape index (κ3) is 3.64. The number of aryl methyl sites for hydroxylation is 2. The van der Waals surface area contributed by atoms with Crippen molar-refractivity contribution in [1.82, 2.24) is 9.47 Å². The van der Waals surface area contributed by atoms with Gasteiger partial charge in [-0.25, -0.2) is 4.79 Å². The maximum atomic E-state index is 13.9. The first kappa shape index (κ1) is 21.5. The highest BCUT2D eigenvalue weighted by atomic mass is 35.5. The number of carbonyl (C=O) groups excluding carboxylic acids is 1. The molecule has 1 aliphatic carbocycles. The second-order valence-electron chi connectivity index (χ2n) is 9.12. The molecule has 4 aromatic rings. The number of anilines is 1. The molecule has 4 nitrogen and oxygen atoms in total. The predicted molar refractivity (Wildman–Crippen MR) is 139 cm³/mol. The number of nitrogens with zero attached hydrogens (tertiary/aromatic N) is 2. The van der Waals surface area contributed by atoms with Gasteiger partial charge in [0, 0.05) is 27.3 Å².